The molecular formula is C18H26ClN3O2. The summed E-state index contributed by atoms with van der Waals surface area (Å²) in [5.41, 5.74) is 1.39. The van der Waals surface area contributed by atoms with Gasteiger partial charge in [-0.15, -0.1) is 12.4 Å². The number of halogens is 1. The monoisotopic (exact) mass is 351 g/mol. The topological polar surface area (TPSA) is 70.2 Å². The largest absolute Gasteiger partial charge is 0.352 e. The van der Waals surface area contributed by atoms with Gasteiger partial charge in [0.25, 0.3) is 5.91 Å². The lowest BCUT2D eigenvalue weighted by Crippen LogP contribution is -2.33. The molecule has 0 bridgehead atoms. The van der Waals surface area contributed by atoms with E-state index >= 15 is 0 Å². The summed E-state index contributed by atoms with van der Waals surface area (Å²) in [5, 5.41) is 9.25. The highest BCUT2D eigenvalue weighted by Gasteiger charge is 2.29. The van der Waals surface area contributed by atoms with Crippen molar-refractivity contribution < 1.29 is 9.59 Å². The average Bonchev–Trinajstić information content (AvgIpc) is 3.41. The number of carbonyl (C=O) groups is 2. The summed E-state index contributed by atoms with van der Waals surface area (Å²) in [7, 11) is 0. The van der Waals surface area contributed by atoms with Crippen molar-refractivity contribution in [1.82, 2.24) is 10.6 Å². The van der Waals surface area contributed by atoms with Gasteiger partial charge in [-0.05, 0) is 75.4 Å². The first-order valence-electron chi connectivity index (χ1n) is 8.62. The van der Waals surface area contributed by atoms with Crippen LogP contribution in [-0.4, -0.2) is 31.4 Å². The van der Waals surface area contributed by atoms with Gasteiger partial charge in [-0.2, -0.15) is 0 Å². The molecule has 2 aliphatic rings. The summed E-state index contributed by atoms with van der Waals surface area (Å²) in [5.74, 6) is 0.897. The fourth-order valence-electron chi connectivity index (χ4n) is 2.96. The molecule has 1 aromatic rings. The molecule has 3 rings (SSSR count). The molecule has 5 nitrogen and oxygen atoms in total. The number of carbonyl (C=O) groups excluding carboxylic acids is 2. The summed E-state index contributed by atoms with van der Waals surface area (Å²) in [4.78, 5) is 23.8. The summed E-state index contributed by atoms with van der Waals surface area (Å²) in [6.07, 6.45) is 5.48. The zero-order valence-corrected chi connectivity index (χ0v) is 14.7. The van der Waals surface area contributed by atoms with Gasteiger partial charge in [0, 0.05) is 23.7 Å². The van der Waals surface area contributed by atoms with Gasteiger partial charge in [0.2, 0.25) is 5.91 Å². The van der Waals surface area contributed by atoms with E-state index in [-0.39, 0.29) is 30.1 Å². The predicted molar refractivity (Wildman–Crippen MR) is 97.6 cm³/mol. The highest BCUT2D eigenvalue weighted by molar-refractivity contribution is 5.96. The van der Waals surface area contributed by atoms with Gasteiger partial charge >= 0.3 is 0 Å². The smallest absolute Gasteiger partial charge is 0.251 e. The molecule has 1 saturated heterocycles. The maximum Gasteiger partial charge on any atom is 0.251 e. The number of rotatable bonds is 6. The average molecular weight is 352 g/mol. The maximum absolute atomic E-state index is 12.1. The lowest BCUT2D eigenvalue weighted by molar-refractivity contribution is -0.117. The van der Waals surface area contributed by atoms with Crippen LogP contribution in [0.1, 0.15) is 42.5 Å². The first kappa shape index (κ1) is 18.7. The molecule has 1 unspecified atom stereocenters. The van der Waals surface area contributed by atoms with Gasteiger partial charge in [-0.3, -0.25) is 9.59 Å². The van der Waals surface area contributed by atoms with Crippen molar-refractivity contribution in [1.29, 1.82) is 0 Å². The van der Waals surface area contributed by atoms with Crippen molar-refractivity contribution in [3.05, 3.63) is 29.8 Å². The molecule has 6 heteroatoms. The highest BCUT2D eigenvalue weighted by Crippen LogP contribution is 2.30. The highest BCUT2D eigenvalue weighted by atomic mass is 35.5. The van der Waals surface area contributed by atoms with Crippen LogP contribution in [-0.2, 0) is 4.79 Å². The Morgan fingerprint density at radius 1 is 1.12 bits per heavy atom. The molecule has 0 spiro atoms. The first-order chi connectivity index (χ1) is 11.2. The SMILES string of the molecule is Cl.O=C(NCCC1CCCNC1)c1ccc(NC(=O)C2CC2)cc1. The molecule has 1 aliphatic carbocycles. The number of anilines is 1. The Morgan fingerprint density at radius 3 is 2.50 bits per heavy atom. The summed E-state index contributed by atoms with van der Waals surface area (Å²) >= 11 is 0. The molecular weight excluding hydrogens is 326 g/mol. The van der Waals surface area contributed by atoms with Gasteiger partial charge in [0.15, 0.2) is 0 Å². The normalized spacial score (nSPS) is 19.9. The van der Waals surface area contributed by atoms with E-state index < -0.39 is 0 Å². The molecule has 1 saturated carbocycles. The summed E-state index contributed by atoms with van der Waals surface area (Å²) in [6, 6.07) is 7.11. The third kappa shape index (κ3) is 5.49. The molecule has 1 aliphatic heterocycles. The van der Waals surface area contributed by atoms with Crippen molar-refractivity contribution in [2.75, 3.05) is 25.0 Å². The Kier molecular flexibility index (Phi) is 7.06. The minimum atomic E-state index is -0.0474. The Labute approximate surface area is 149 Å². The van der Waals surface area contributed by atoms with Crippen LogP contribution in [0.4, 0.5) is 5.69 Å². The molecule has 1 atom stereocenters. The van der Waals surface area contributed by atoms with Gasteiger partial charge in [-0.25, -0.2) is 0 Å². The molecule has 2 fully saturated rings. The van der Waals surface area contributed by atoms with Crippen molar-refractivity contribution in [2.45, 2.75) is 32.1 Å². The minimum absolute atomic E-state index is 0. The van der Waals surface area contributed by atoms with Crippen LogP contribution in [0.5, 0.6) is 0 Å². The molecule has 24 heavy (non-hydrogen) atoms. The lowest BCUT2D eigenvalue weighted by Gasteiger charge is -2.22. The van der Waals surface area contributed by atoms with Crippen LogP contribution in [0, 0.1) is 11.8 Å². The molecule has 0 aromatic heterocycles. The number of hydrogen-bond acceptors (Lipinski definition) is 3. The molecule has 2 amide bonds. The van der Waals surface area contributed by atoms with Crippen molar-refractivity contribution in [3.8, 4) is 0 Å². The third-order valence-corrected chi connectivity index (χ3v) is 4.60. The fraction of sp³-hybridized carbons (Fsp3) is 0.556. The van der Waals surface area contributed by atoms with Gasteiger partial charge < -0.3 is 16.0 Å². The van der Waals surface area contributed by atoms with Gasteiger partial charge in [0.1, 0.15) is 0 Å². The third-order valence-electron chi connectivity index (χ3n) is 4.60. The number of benzene rings is 1. The minimum Gasteiger partial charge on any atom is -0.352 e. The Bertz CT molecular complexity index is 552. The van der Waals surface area contributed by atoms with Crippen molar-refractivity contribution in [2.24, 2.45) is 11.8 Å². The zero-order chi connectivity index (χ0) is 16.1. The number of hydrogen-bond donors (Lipinski definition) is 3. The second kappa shape index (κ2) is 9.04. The van der Waals surface area contributed by atoms with Crippen molar-refractivity contribution >= 4 is 29.9 Å². The van der Waals surface area contributed by atoms with Crippen molar-refractivity contribution in [3.63, 3.8) is 0 Å². The molecule has 1 heterocycles. The quantitative estimate of drug-likeness (QED) is 0.737. The number of amides is 2. The first-order valence-corrected chi connectivity index (χ1v) is 8.62. The van der Waals surface area contributed by atoms with Crippen LogP contribution >= 0.6 is 12.4 Å². The van der Waals surface area contributed by atoms with E-state index in [0.29, 0.717) is 18.0 Å². The molecule has 3 N–H and O–H groups in total. The van der Waals surface area contributed by atoms with Crippen LogP contribution in [0.3, 0.4) is 0 Å². The maximum atomic E-state index is 12.1. The number of nitrogens with one attached hydrogen (secondary N) is 3. The fourth-order valence-corrected chi connectivity index (χ4v) is 2.96. The van der Waals surface area contributed by atoms with Crippen LogP contribution in [0.25, 0.3) is 0 Å². The van der Waals surface area contributed by atoms with Gasteiger partial charge in [-0.1, -0.05) is 0 Å². The summed E-state index contributed by atoms with van der Waals surface area (Å²) < 4.78 is 0. The Hall–Kier alpha value is -1.59. The van der Waals surface area contributed by atoms with Crippen LogP contribution in [0.2, 0.25) is 0 Å². The van der Waals surface area contributed by atoms with E-state index in [1.54, 1.807) is 24.3 Å². The van der Waals surface area contributed by atoms with E-state index in [1.807, 2.05) is 0 Å². The lowest BCUT2D eigenvalue weighted by atomic mass is 9.96. The van der Waals surface area contributed by atoms with Crippen LogP contribution in [0.15, 0.2) is 24.3 Å². The van der Waals surface area contributed by atoms with E-state index in [1.165, 1.54) is 12.8 Å². The summed E-state index contributed by atoms with van der Waals surface area (Å²) in [6.45, 7) is 2.89. The predicted octanol–water partition coefficient (Wildman–Crippen LogP) is 2.58. The second-order valence-corrected chi connectivity index (χ2v) is 6.60. The number of piperidine rings is 1. The molecule has 132 valence electrons. The molecule has 1 aromatic carbocycles. The van der Waals surface area contributed by atoms with Crippen LogP contribution < -0.4 is 16.0 Å². The van der Waals surface area contributed by atoms with E-state index in [0.717, 1.165) is 38.0 Å². The molecule has 0 radical (unpaired) electrons. The van der Waals surface area contributed by atoms with Gasteiger partial charge in [0.05, 0.1) is 0 Å². The van der Waals surface area contributed by atoms with E-state index in [4.69, 9.17) is 0 Å². The van der Waals surface area contributed by atoms with E-state index in [9.17, 15) is 9.59 Å². The Balaban J connectivity index is 0.00000208. The van der Waals surface area contributed by atoms with E-state index in [2.05, 4.69) is 16.0 Å². The Morgan fingerprint density at radius 2 is 1.88 bits per heavy atom. The zero-order valence-electron chi connectivity index (χ0n) is 13.8. The second-order valence-electron chi connectivity index (χ2n) is 6.60. The standard InChI is InChI=1S/C18H25N3O2.ClH/c22-17(20-11-9-13-2-1-10-19-12-13)14-5-7-16(8-6-14)21-18(23)15-3-4-15;/h5-8,13,15,19H,1-4,9-12H2,(H,20,22)(H,21,23);1H.